The molecular weight excluding hydrogens is 458 g/mol. The third kappa shape index (κ3) is 4.94. The predicted octanol–water partition coefficient (Wildman–Crippen LogP) is 6.67. The van der Waals surface area contributed by atoms with Crippen LogP contribution in [0.5, 0.6) is 0 Å². The molecular formula is C32H27N3O2. The molecule has 37 heavy (non-hydrogen) atoms. The molecule has 4 aromatic rings. The number of hydrogen-bond donors (Lipinski definition) is 2. The van der Waals surface area contributed by atoms with E-state index in [0.29, 0.717) is 34.6 Å². The van der Waals surface area contributed by atoms with Crippen molar-refractivity contribution >= 4 is 40.4 Å². The topological polar surface area (TPSA) is 74.8 Å². The summed E-state index contributed by atoms with van der Waals surface area (Å²) in [6.45, 7) is 0. The molecule has 6 rings (SSSR count). The van der Waals surface area contributed by atoms with Gasteiger partial charge in [0.25, 0.3) is 0 Å². The largest absolute Gasteiger partial charge is 0.322 e. The van der Waals surface area contributed by atoms with Gasteiger partial charge in [0.05, 0.1) is 11.2 Å². The first-order chi connectivity index (χ1) is 18.1. The Morgan fingerprint density at radius 3 is 2.57 bits per heavy atom. The molecule has 1 aromatic heterocycles. The Morgan fingerprint density at radius 1 is 0.892 bits per heavy atom. The van der Waals surface area contributed by atoms with Crippen molar-refractivity contribution in [2.24, 2.45) is 17.8 Å². The van der Waals surface area contributed by atoms with Gasteiger partial charge in [-0.15, -0.1) is 0 Å². The fourth-order valence-electron chi connectivity index (χ4n) is 5.39. The Hall–Kier alpha value is -4.51. The molecule has 5 nitrogen and oxygen atoms in total. The van der Waals surface area contributed by atoms with Crippen LogP contribution in [0.2, 0.25) is 0 Å². The highest BCUT2D eigenvalue weighted by atomic mass is 16.1. The molecule has 0 aliphatic heterocycles. The number of aromatic amines is 1. The van der Waals surface area contributed by atoms with Crippen LogP contribution in [0.3, 0.4) is 0 Å². The highest BCUT2D eigenvalue weighted by Crippen LogP contribution is 2.43. The number of allylic oxidation sites excluding steroid dienone is 3. The molecule has 2 aliphatic rings. The first-order valence-electron chi connectivity index (χ1n) is 12.7. The number of ketones is 1. The van der Waals surface area contributed by atoms with Crippen LogP contribution in [0.1, 0.15) is 40.0 Å². The van der Waals surface area contributed by atoms with Crippen LogP contribution >= 0.6 is 0 Å². The van der Waals surface area contributed by atoms with Crippen molar-refractivity contribution in [3.63, 3.8) is 0 Å². The van der Waals surface area contributed by atoms with E-state index in [0.717, 1.165) is 28.6 Å². The summed E-state index contributed by atoms with van der Waals surface area (Å²) in [4.78, 5) is 25.7. The third-order valence-electron chi connectivity index (χ3n) is 7.31. The second kappa shape index (κ2) is 9.86. The number of carbonyl (C=O) groups is 2. The van der Waals surface area contributed by atoms with E-state index in [1.54, 1.807) is 30.3 Å². The molecule has 0 saturated heterocycles. The Labute approximate surface area is 215 Å². The maximum Gasteiger partial charge on any atom is 0.248 e. The van der Waals surface area contributed by atoms with E-state index < -0.39 is 0 Å². The molecule has 1 saturated carbocycles. The highest BCUT2D eigenvalue weighted by molar-refractivity contribution is 6.11. The predicted molar refractivity (Wildman–Crippen MR) is 148 cm³/mol. The summed E-state index contributed by atoms with van der Waals surface area (Å²) in [5, 5.41) is 11.3. The lowest BCUT2D eigenvalue weighted by Gasteiger charge is -2.12. The molecule has 1 fully saturated rings. The third-order valence-corrected chi connectivity index (χ3v) is 7.31. The van der Waals surface area contributed by atoms with Crippen LogP contribution in [0.4, 0.5) is 5.69 Å². The number of rotatable bonds is 7. The van der Waals surface area contributed by atoms with E-state index in [1.165, 1.54) is 6.42 Å². The van der Waals surface area contributed by atoms with Gasteiger partial charge in [-0.3, -0.25) is 14.7 Å². The van der Waals surface area contributed by atoms with Gasteiger partial charge in [-0.1, -0.05) is 72.8 Å². The summed E-state index contributed by atoms with van der Waals surface area (Å²) in [7, 11) is 0. The minimum absolute atomic E-state index is 0.113. The molecule has 0 radical (unpaired) electrons. The van der Waals surface area contributed by atoms with E-state index in [-0.39, 0.29) is 11.7 Å². The van der Waals surface area contributed by atoms with Gasteiger partial charge >= 0.3 is 0 Å². The standard InChI is InChI=1S/C32H27N3O2/c36-31(16-13-24-18-22-9-11-23(24)17-22)33-27-8-4-7-25(19-27)32(37)26-12-14-28-29(34-35-30(28)20-26)15-10-21-5-2-1-3-6-21/h1-16,19-20,22-24H,17-18H2,(H,33,36)(H,34,35)/b15-10+,16-13+/t22-,23-,24?/m0/s1. The van der Waals surface area contributed by atoms with E-state index >= 15 is 0 Å². The number of hydrogen-bond acceptors (Lipinski definition) is 3. The van der Waals surface area contributed by atoms with Gasteiger partial charge in [0.15, 0.2) is 5.78 Å². The first kappa shape index (κ1) is 22.9. The number of nitrogens with one attached hydrogen (secondary N) is 2. The van der Waals surface area contributed by atoms with Crippen molar-refractivity contribution in [2.45, 2.75) is 12.8 Å². The van der Waals surface area contributed by atoms with Gasteiger partial charge in [-0.2, -0.15) is 5.10 Å². The summed E-state index contributed by atoms with van der Waals surface area (Å²) in [5.74, 6) is 1.40. The van der Waals surface area contributed by atoms with E-state index in [1.807, 2.05) is 66.8 Å². The fraction of sp³-hybridized carbons (Fsp3) is 0.156. The van der Waals surface area contributed by atoms with Crippen molar-refractivity contribution in [3.05, 3.63) is 119 Å². The van der Waals surface area contributed by atoms with Crippen LogP contribution in [0.15, 0.2) is 97.1 Å². The number of carbonyl (C=O) groups excluding carboxylic acids is 2. The van der Waals surface area contributed by atoms with Gasteiger partial charge in [0, 0.05) is 22.2 Å². The molecule has 1 heterocycles. The minimum Gasteiger partial charge on any atom is -0.322 e. The zero-order valence-corrected chi connectivity index (χ0v) is 20.3. The highest BCUT2D eigenvalue weighted by Gasteiger charge is 2.33. The van der Waals surface area contributed by atoms with Crippen molar-refractivity contribution in [1.29, 1.82) is 0 Å². The van der Waals surface area contributed by atoms with Gasteiger partial charge in [-0.25, -0.2) is 0 Å². The second-order valence-electron chi connectivity index (χ2n) is 9.82. The molecule has 2 N–H and O–H groups in total. The average Bonchev–Trinajstić information content (AvgIpc) is 3.67. The molecule has 5 heteroatoms. The SMILES string of the molecule is O=C(/C=C/C1C[C@H]2C=C[C@H]1C2)Nc1cccc(C(=O)c2ccc3c(/C=C/c4ccccc4)n[nH]c3c2)c1. The molecule has 0 spiro atoms. The summed E-state index contributed by atoms with van der Waals surface area (Å²) < 4.78 is 0. The number of aromatic nitrogens is 2. The lowest BCUT2D eigenvalue weighted by molar-refractivity contribution is -0.111. The summed E-state index contributed by atoms with van der Waals surface area (Å²) >= 11 is 0. The molecule has 182 valence electrons. The number of benzene rings is 3. The Kier molecular flexibility index (Phi) is 6.11. The summed E-state index contributed by atoms with van der Waals surface area (Å²) in [5.41, 5.74) is 4.38. The van der Waals surface area contributed by atoms with Gasteiger partial charge < -0.3 is 5.32 Å². The van der Waals surface area contributed by atoms with Crippen molar-refractivity contribution in [1.82, 2.24) is 10.2 Å². The molecule has 1 amide bonds. The van der Waals surface area contributed by atoms with Gasteiger partial charge in [-0.05, 0) is 72.6 Å². The van der Waals surface area contributed by atoms with Gasteiger partial charge in [0.2, 0.25) is 5.91 Å². The first-order valence-corrected chi connectivity index (χ1v) is 12.7. The van der Waals surface area contributed by atoms with E-state index in [2.05, 4.69) is 27.7 Å². The quantitative estimate of drug-likeness (QED) is 0.174. The monoisotopic (exact) mass is 485 g/mol. The number of fused-ring (bicyclic) bond motifs is 3. The second-order valence-corrected chi connectivity index (χ2v) is 9.82. The normalized spacial score (nSPS) is 20.4. The smallest absolute Gasteiger partial charge is 0.248 e. The summed E-state index contributed by atoms with van der Waals surface area (Å²) in [6, 6.07) is 22.7. The number of amides is 1. The van der Waals surface area contributed by atoms with Crippen LogP contribution < -0.4 is 5.32 Å². The molecule has 2 aliphatic carbocycles. The Balaban J connectivity index is 1.14. The maximum atomic E-state index is 13.2. The lowest BCUT2D eigenvalue weighted by atomic mass is 9.93. The fourth-order valence-corrected chi connectivity index (χ4v) is 5.39. The number of H-pyrrole nitrogens is 1. The number of anilines is 1. The van der Waals surface area contributed by atoms with Gasteiger partial charge in [0.1, 0.15) is 0 Å². The summed E-state index contributed by atoms with van der Waals surface area (Å²) in [6.07, 6.45) is 14.5. The van der Waals surface area contributed by atoms with Crippen molar-refractivity contribution in [2.75, 3.05) is 5.32 Å². The average molecular weight is 486 g/mol. The molecule has 3 aromatic carbocycles. The van der Waals surface area contributed by atoms with Crippen LogP contribution in [0, 0.1) is 17.8 Å². The zero-order chi connectivity index (χ0) is 25.2. The minimum atomic E-state index is -0.175. The van der Waals surface area contributed by atoms with Crippen molar-refractivity contribution in [3.8, 4) is 0 Å². The zero-order valence-electron chi connectivity index (χ0n) is 20.3. The van der Waals surface area contributed by atoms with Crippen molar-refractivity contribution < 1.29 is 9.59 Å². The Morgan fingerprint density at radius 2 is 1.76 bits per heavy atom. The maximum absolute atomic E-state index is 13.2. The van der Waals surface area contributed by atoms with E-state index in [4.69, 9.17) is 0 Å². The molecule has 2 bridgehead atoms. The molecule has 1 unspecified atom stereocenters. The van der Waals surface area contributed by atoms with Crippen LogP contribution in [-0.4, -0.2) is 21.9 Å². The number of nitrogens with zero attached hydrogens (tertiary/aromatic N) is 1. The Bertz CT molecular complexity index is 1560. The molecule has 3 atom stereocenters. The van der Waals surface area contributed by atoms with Crippen LogP contribution in [0.25, 0.3) is 23.1 Å². The van der Waals surface area contributed by atoms with E-state index in [9.17, 15) is 9.59 Å². The van der Waals surface area contributed by atoms with Crippen LogP contribution in [-0.2, 0) is 4.79 Å². The lowest BCUT2D eigenvalue weighted by Crippen LogP contribution is -2.11.